The molecule has 0 aromatic heterocycles. The molecule has 4 nitrogen and oxygen atoms in total. The summed E-state index contributed by atoms with van der Waals surface area (Å²) in [5.41, 5.74) is 2.12. The lowest BCUT2D eigenvalue weighted by atomic mass is 10.2. The van der Waals surface area contributed by atoms with Crippen LogP contribution in [0.5, 0.6) is 17.2 Å². The van der Waals surface area contributed by atoms with Crippen molar-refractivity contribution in [3.8, 4) is 17.2 Å². The van der Waals surface area contributed by atoms with Gasteiger partial charge in [0.1, 0.15) is 5.75 Å². The lowest BCUT2D eigenvalue weighted by Crippen LogP contribution is -2.01. The Bertz CT molecular complexity index is 599. The number of ether oxygens (including phenoxy) is 3. The van der Waals surface area contributed by atoms with Crippen LogP contribution in [0.4, 0.5) is 5.69 Å². The highest BCUT2D eigenvalue weighted by Gasteiger charge is 2.10. The number of hydrogen-bond acceptors (Lipinski definition) is 4. The molecular formula is C16H18BrNO3. The topological polar surface area (TPSA) is 39.7 Å². The molecule has 0 fully saturated rings. The molecule has 0 atom stereocenters. The monoisotopic (exact) mass is 351 g/mol. The molecule has 2 rings (SSSR count). The average molecular weight is 352 g/mol. The average Bonchev–Trinajstić information content (AvgIpc) is 2.52. The molecule has 0 amide bonds. The molecule has 112 valence electrons. The molecule has 0 heterocycles. The fraction of sp³-hybridized carbons (Fsp3) is 0.250. The van der Waals surface area contributed by atoms with E-state index in [1.807, 2.05) is 36.4 Å². The van der Waals surface area contributed by atoms with Gasteiger partial charge in [0.15, 0.2) is 11.5 Å². The van der Waals surface area contributed by atoms with E-state index in [0.717, 1.165) is 21.5 Å². The van der Waals surface area contributed by atoms with Crippen LogP contribution in [0.25, 0.3) is 0 Å². The Morgan fingerprint density at radius 3 is 2.24 bits per heavy atom. The summed E-state index contributed by atoms with van der Waals surface area (Å²) in [6.45, 7) is 0.686. The molecule has 0 saturated heterocycles. The molecule has 0 aliphatic rings. The lowest BCUT2D eigenvalue weighted by Gasteiger charge is -2.13. The number of benzene rings is 2. The van der Waals surface area contributed by atoms with Crippen LogP contribution in [0, 0.1) is 0 Å². The minimum Gasteiger partial charge on any atom is -0.497 e. The molecule has 0 saturated carbocycles. The van der Waals surface area contributed by atoms with Gasteiger partial charge in [-0.2, -0.15) is 0 Å². The second-order valence-electron chi connectivity index (χ2n) is 4.40. The molecule has 0 aliphatic heterocycles. The van der Waals surface area contributed by atoms with E-state index in [9.17, 15) is 0 Å². The van der Waals surface area contributed by atoms with Gasteiger partial charge in [0, 0.05) is 12.2 Å². The fourth-order valence-corrected chi connectivity index (χ4v) is 2.64. The number of halogens is 1. The maximum Gasteiger partial charge on any atom is 0.174 e. The summed E-state index contributed by atoms with van der Waals surface area (Å²) in [4.78, 5) is 0. The number of anilines is 1. The summed E-state index contributed by atoms with van der Waals surface area (Å²) in [6.07, 6.45) is 0. The fourth-order valence-electron chi connectivity index (χ4n) is 1.99. The van der Waals surface area contributed by atoms with Crippen LogP contribution < -0.4 is 19.5 Å². The number of nitrogens with one attached hydrogen (secondary N) is 1. The van der Waals surface area contributed by atoms with Crippen LogP contribution in [0.2, 0.25) is 0 Å². The number of hydrogen-bond donors (Lipinski definition) is 1. The van der Waals surface area contributed by atoms with Gasteiger partial charge in [-0.15, -0.1) is 0 Å². The second kappa shape index (κ2) is 7.22. The van der Waals surface area contributed by atoms with Crippen molar-refractivity contribution >= 4 is 21.6 Å². The maximum absolute atomic E-state index is 5.34. The minimum absolute atomic E-state index is 0.686. The van der Waals surface area contributed by atoms with Crippen molar-refractivity contribution < 1.29 is 14.2 Å². The third-order valence-electron chi connectivity index (χ3n) is 3.08. The van der Waals surface area contributed by atoms with Crippen molar-refractivity contribution in [3.05, 3.63) is 46.4 Å². The van der Waals surface area contributed by atoms with Crippen LogP contribution in [0.3, 0.4) is 0 Å². The van der Waals surface area contributed by atoms with Crippen LogP contribution in [0.15, 0.2) is 40.9 Å². The van der Waals surface area contributed by atoms with E-state index >= 15 is 0 Å². The van der Waals surface area contributed by atoms with Gasteiger partial charge in [-0.25, -0.2) is 0 Å². The molecule has 2 aromatic carbocycles. The summed E-state index contributed by atoms with van der Waals surface area (Å²) in [5, 5.41) is 3.36. The van der Waals surface area contributed by atoms with E-state index < -0.39 is 0 Å². The minimum atomic E-state index is 0.686. The van der Waals surface area contributed by atoms with E-state index in [2.05, 4.69) is 21.2 Å². The van der Waals surface area contributed by atoms with Gasteiger partial charge in [0.25, 0.3) is 0 Å². The third-order valence-corrected chi connectivity index (χ3v) is 3.67. The van der Waals surface area contributed by atoms with Gasteiger partial charge in [-0.3, -0.25) is 0 Å². The summed E-state index contributed by atoms with van der Waals surface area (Å²) >= 11 is 3.49. The van der Waals surface area contributed by atoms with Gasteiger partial charge in [0.2, 0.25) is 0 Å². The molecule has 0 aliphatic carbocycles. The largest absolute Gasteiger partial charge is 0.497 e. The van der Waals surface area contributed by atoms with Crippen molar-refractivity contribution in [3.63, 3.8) is 0 Å². The zero-order valence-corrected chi connectivity index (χ0v) is 13.9. The van der Waals surface area contributed by atoms with Crippen LogP contribution in [-0.4, -0.2) is 21.3 Å². The van der Waals surface area contributed by atoms with Crippen molar-refractivity contribution in [2.24, 2.45) is 0 Å². The molecule has 0 bridgehead atoms. The van der Waals surface area contributed by atoms with Gasteiger partial charge in [-0.05, 0) is 57.9 Å². The van der Waals surface area contributed by atoms with E-state index in [1.54, 1.807) is 21.3 Å². The first-order valence-corrected chi connectivity index (χ1v) is 7.25. The standard InChI is InChI=1S/C16H18BrNO3/c1-19-13-6-4-12(5-7-13)18-10-11-8-14(17)16(21-3)15(9-11)20-2/h4-9,18H,10H2,1-3H3. The quantitative estimate of drug-likeness (QED) is 0.850. The first-order chi connectivity index (χ1) is 10.2. The third kappa shape index (κ3) is 3.82. The van der Waals surface area contributed by atoms with Crippen molar-refractivity contribution in [1.82, 2.24) is 0 Å². The highest BCUT2D eigenvalue weighted by Crippen LogP contribution is 2.36. The first kappa shape index (κ1) is 15.5. The molecule has 1 N–H and O–H groups in total. The molecule has 0 unspecified atom stereocenters. The number of methoxy groups -OCH3 is 3. The predicted octanol–water partition coefficient (Wildman–Crippen LogP) is 4.09. The predicted molar refractivity (Wildman–Crippen MR) is 87.6 cm³/mol. The summed E-state index contributed by atoms with van der Waals surface area (Å²) in [5.74, 6) is 2.25. The molecule has 0 radical (unpaired) electrons. The van der Waals surface area contributed by atoms with E-state index in [4.69, 9.17) is 14.2 Å². The van der Waals surface area contributed by atoms with Crippen molar-refractivity contribution in [1.29, 1.82) is 0 Å². The zero-order valence-electron chi connectivity index (χ0n) is 12.3. The zero-order chi connectivity index (χ0) is 15.2. The smallest absolute Gasteiger partial charge is 0.174 e. The molecular weight excluding hydrogens is 334 g/mol. The highest BCUT2D eigenvalue weighted by molar-refractivity contribution is 9.10. The van der Waals surface area contributed by atoms with Crippen molar-refractivity contribution in [2.45, 2.75) is 6.54 Å². The van der Waals surface area contributed by atoms with Gasteiger partial charge in [0.05, 0.1) is 25.8 Å². The molecule has 21 heavy (non-hydrogen) atoms. The Morgan fingerprint density at radius 1 is 0.952 bits per heavy atom. The lowest BCUT2D eigenvalue weighted by molar-refractivity contribution is 0.352. The van der Waals surface area contributed by atoms with Crippen LogP contribution in [-0.2, 0) is 6.54 Å². The SMILES string of the molecule is COc1ccc(NCc2cc(Br)c(OC)c(OC)c2)cc1. The van der Waals surface area contributed by atoms with E-state index in [-0.39, 0.29) is 0 Å². The van der Waals surface area contributed by atoms with E-state index in [1.165, 1.54) is 0 Å². The molecule has 2 aromatic rings. The molecule has 5 heteroatoms. The second-order valence-corrected chi connectivity index (χ2v) is 5.25. The Hall–Kier alpha value is -1.88. The first-order valence-electron chi connectivity index (χ1n) is 6.46. The van der Waals surface area contributed by atoms with Gasteiger partial charge < -0.3 is 19.5 Å². The van der Waals surface area contributed by atoms with Crippen LogP contribution >= 0.6 is 15.9 Å². The van der Waals surface area contributed by atoms with Crippen LogP contribution in [0.1, 0.15) is 5.56 Å². The van der Waals surface area contributed by atoms with Gasteiger partial charge >= 0.3 is 0 Å². The van der Waals surface area contributed by atoms with Gasteiger partial charge in [-0.1, -0.05) is 0 Å². The molecule has 0 spiro atoms. The highest BCUT2D eigenvalue weighted by atomic mass is 79.9. The Morgan fingerprint density at radius 2 is 1.67 bits per heavy atom. The van der Waals surface area contributed by atoms with Crippen molar-refractivity contribution in [2.75, 3.05) is 26.6 Å². The Balaban J connectivity index is 2.10. The number of rotatable bonds is 6. The maximum atomic E-state index is 5.34. The Labute approximate surface area is 133 Å². The van der Waals surface area contributed by atoms with E-state index in [0.29, 0.717) is 18.0 Å². The Kier molecular flexibility index (Phi) is 5.33. The summed E-state index contributed by atoms with van der Waals surface area (Å²) in [7, 11) is 4.91. The normalized spacial score (nSPS) is 10.1. The summed E-state index contributed by atoms with van der Waals surface area (Å²) < 4.78 is 16.7. The summed E-state index contributed by atoms with van der Waals surface area (Å²) in [6, 6.07) is 11.8.